The van der Waals surface area contributed by atoms with Gasteiger partial charge in [0, 0.05) is 19.1 Å². The Morgan fingerprint density at radius 3 is 2.60 bits per heavy atom. The molecule has 3 fully saturated rings. The number of nitrogens with one attached hydrogen (secondary N) is 1. The van der Waals surface area contributed by atoms with E-state index < -0.39 is 21.0 Å². The van der Waals surface area contributed by atoms with Crippen LogP contribution in [0.15, 0.2) is 0 Å². The van der Waals surface area contributed by atoms with Gasteiger partial charge < -0.3 is 19.7 Å². The van der Waals surface area contributed by atoms with Crippen LogP contribution in [-0.2, 0) is 19.3 Å². The van der Waals surface area contributed by atoms with Gasteiger partial charge in [-0.1, -0.05) is 0 Å². The lowest BCUT2D eigenvalue weighted by molar-refractivity contribution is -0.103. The van der Waals surface area contributed by atoms with Gasteiger partial charge in [0.1, 0.15) is 21.0 Å². The molecule has 25 heavy (non-hydrogen) atoms. The summed E-state index contributed by atoms with van der Waals surface area (Å²) in [6.45, 7) is 8.08. The molecule has 8 heteroatoms. The van der Waals surface area contributed by atoms with Gasteiger partial charge >= 0.3 is 6.09 Å². The van der Waals surface area contributed by atoms with Crippen LogP contribution in [0.1, 0.15) is 40.0 Å². The van der Waals surface area contributed by atoms with Crippen LogP contribution < -0.4 is 5.32 Å². The van der Waals surface area contributed by atoms with E-state index in [4.69, 9.17) is 9.47 Å². The van der Waals surface area contributed by atoms with Gasteiger partial charge in [0.2, 0.25) is 0 Å². The molecule has 0 aromatic carbocycles. The Morgan fingerprint density at radius 2 is 1.96 bits per heavy atom. The Balaban J connectivity index is 1.70. The SMILES string of the molecule is CC(C)(C)OC(=O)N1CCC2(C1)OCCNC2C1CCS(=O)(=O)CC1. The number of rotatable bonds is 1. The summed E-state index contributed by atoms with van der Waals surface area (Å²) >= 11 is 0. The van der Waals surface area contributed by atoms with E-state index in [1.165, 1.54) is 0 Å². The van der Waals surface area contributed by atoms with Crippen molar-refractivity contribution in [2.45, 2.75) is 57.3 Å². The smallest absolute Gasteiger partial charge is 0.410 e. The van der Waals surface area contributed by atoms with Crippen LogP contribution in [-0.4, -0.2) is 74.4 Å². The Labute approximate surface area is 150 Å². The molecular formula is C17H30N2O5S. The molecule has 0 bridgehead atoms. The second-order valence-corrected chi connectivity index (χ2v) is 10.8. The molecule has 7 nitrogen and oxygen atoms in total. The number of sulfone groups is 1. The monoisotopic (exact) mass is 374 g/mol. The van der Waals surface area contributed by atoms with Crippen molar-refractivity contribution in [1.29, 1.82) is 0 Å². The summed E-state index contributed by atoms with van der Waals surface area (Å²) in [5.74, 6) is 0.770. The number of hydrogen-bond acceptors (Lipinski definition) is 6. The average Bonchev–Trinajstić information content (AvgIpc) is 2.91. The minimum atomic E-state index is -2.89. The van der Waals surface area contributed by atoms with Gasteiger partial charge in [0.25, 0.3) is 0 Å². The van der Waals surface area contributed by atoms with Crippen molar-refractivity contribution in [1.82, 2.24) is 10.2 Å². The number of morpholine rings is 1. The van der Waals surface area contributed by atoms with E-state index in [0.29, 0.717) is 32.5 Å². The lowest BCUT2D eigenvalue weighted by Crippen LogP contribution is -2.63. The Morgan fingerprint density at radius 1 is 1.28 bits per heavy atom. The molecule has 3 heterocycles. The maximum atomic E-state index is 12.4. The van der Waals surface area contributed by atoms with Gasteiger partial charge in [-0.2, -0.15) is 0 Å². The number of carbonyl (C=O) groups is 1. The van der Waals surface area contributed by atoms with Crippen LogP contribution in [0, 0.1) is 5.92 Å². The molecule has 1 N–H and O–H groups in total. The number of amides is 1. The number of carbonyl (C=O) groups excluding carboxylic acids is 1. The molecule has 0 aliphatic carbocycles. The first-order chi connectivity index (χ1) is 11.6. The molecule has 3 aliphatic heterocycles. The van der Waals surface area contributed by atoms with Gasteiger partial charge in [-0.25, -0.2) is 13.2 Å². The van der Waals surface area contributed by atoms with Gasteiger partial charge in [0.15, 0.2) is 0 Å². The zero-order valence-electron chi connectivity index (χ0n) is 15.4. The predicted molar refractivity (Wildman–Crippen MR) is 94.3 cm³/mol. The van der Waals surface area contributed by atoms with Crippen molar-refractivity contribution < 1.29 is 22.7 Å². The van der Waals surface area contributed by atoms with E-state index in [0.717, 1.165) is 13.0 Å². The van der Waals surface area contributed by atoms with Crippen LogP contribution in [0.4, 0.5) is 4.79 Å². The van der Waals surface area contributed by atoms with Gasteiger partial charge in [-0.3, -0.25) is 0 Å². The van der Waals surface area contributed by atoms with Crippen LogP contribution in [0.2, 0.25) is 0 Å². The van der Waals surface area contributed by atoms with Crippen molar-refractivity contribution in [3.05, 3.63) is 0 Å². The molecular weight excluding hydrogens is 344 g/mol. The topological polar surface area (TPSA) is 84.9 Å². The fourth-order valence-electron chi connectivity index (χ4n) is 4.24. The van der Waals surface area contributed by atoms with Crippen molar-refractivity contribution in [3.63, 3.8) is 0 Å². The molecule has 0 aromatic heterocycles. The standard InChI is InChI=1S/C17H30N2O5S/c1-16(2,3)24-15(20)19-8-6-17(12-19)14(18-7-9-23-17)13-4-10-25(21,22)11-5-13/h13-14,18H,4-12H2,1-3H3. The lowest BCUT2D eigenvalue weighted by Gasteiger charge is -2.46. The molecule has 1 spiro atoms. The van der Waals surface area contributed by atoms with E-state index in [9.17, 15) is 13.2 Å². The van der Waals surface area contributed by atoms with Gasteiger partial charge in [-0.05, 0) is 46.0 Å². The van der Waals surface area contributed by atoms with Crippen LogP contribution >= 0.6 is 0 Å². The average molecular weight is 375 g/mol. The highest BCUT2D eigenvalue weighted by atomic mass is 32.2. The molecule has 3 saturated heterocycles. The van der Waals surface area contributed by atoms with E-state index in [2.05, 4.69) is 5.32 Å². The molecule has 2 atom stereocenters. The number of hydrogen-bond donors (Lipinski definition) is 1. The highest BCUT2D eigenvalue weighted by molar-refractivity contribution is 7.91. The van der Waals surface area contributed by atoms with Gasteiger partial charge in [-0.15, -0.1) is 0 Å². The summed E-state index contributed by atoms with van der Waals surface area (Å²) < 4.78 is 35.2. The molecule has 144 valence electrons. The molecule has 3 aliphatic rings. The predicted octanol–water partition coefficient (Wildman–Crippen LogP) is 1.18. The number of likely N-dealkylation sites (tertiary alicyclic amines) is 1. The van der Waals surface area contributed by atoms with E-state index in [1.807, 2.05) is 20.8 Å². The molecule has 1 amide bonds. The Bertz CT molecular complexity index is 601. The molecule has 3 rings (SSSR count). The van der Waals surface area contributed by atoms with Crippen molar-refractivity contribution in [2.75, 3.05) is 37.7 Å². The second-order valence-electron chi connectivity index (χ2n) is 8.49. The summed E-state index contributed by atoms with van der Waals surface area (Å²) in [4.78, 5) is 14.1. The quantitative estimate of drug-likeness (QED) is 0.742. The molecule has 0 saturated carbocycles. The summed E-state index contributed by atoms with van der Waals surface area (Å²) in [5.41, 5.74) is -0.948. The van der Waals surface area contributed by atoms with E-state index >= 15 is 0 Å². The maximum Gasteiger partial charge on any atom is 0.410 e. The third kappa shape index (κ3) is 4.28. The minimum absolute atomic E-state index is 0.0872. The Hall–Kier alpha value is -0.860. The highest BCUT2D eigenvalue weighted by Gasteiger charge is 2.52. The zero-order chi connectivity index (χ0) is 18.3. The zero-order valence-corrected chi connectivity index (χ0v) is 16.2. The number of ether oxygens (including phenoxy) is 2. The Kier molecular flexibility index (Phi) is 5.07. The fourth-order valence-corrected chi connectivity index (χ4v) is 5.77. The summed E-state index contributed by atoms with van der Waals surface area (Å²) in [6.07, 6.45) is 1.78. The summed E-state index contributed by atoms with van der Waals surface area (Å²) in [6, 6.07) is 0.0872. The first kappa shape index (κ1) is 18.9. The van der Waals surface area contributed by atoms with Crippen LogP contribution in [0.25, 0.3) is 0 Å². The maximum absolute atomic E-state index is 12.4. The third-order valence-electron chi connectivity index (χ3n) is 5.41. The summed E-state index contributed by atoms with van der Waals surface area (Å²) in [5, 5.41) is 3.56. The normalized spacial score (nSPS) is 33.6. The van der Waals surface area contributed by atoms with E-state index in [-0.39, 0.29) is 29.6 Å². The second kappa shape index (κ2) is 6.70. The van der Waals surface area contributed by atoms with E-state index in [1.54, 1.807) is 4.90 Å². The summed E-state index contributed by atoms with van der Waals surface area (Å²) in [7, 11) is -2.89. The van der Waals surface area contributed by atoms with Crippen molar-refractivity contribution >= 4 is 15.9 Å². The van der Waals surface area contributed by atoms with Crippen molar-refractivity contribution in [2.24, 2.45) is 5.92 Å². The first-order valence-corrected chi connectivity index (χ1v) is 11.0. The first-order valence-electron chi connectivity index (χ1n) is 9.16. The number of nitrogens with zero attached hydrogens (tertiary/aromatic N) is 1. The largest absolute Gasteiger partial charge is 0.444 e. The molecule has 0 aromatic rings. The molecule has 0 radical (unpaired) electrons. The fraction of sp³-hybridized carbons (Fsp3) is 0.941. The molecule has 2 unspecified atom stereocenters. The van der Waals surface area contributed by atoms with Crippen molar-refractivity contribution in [3.8, 4) is 0 Å². The minimum Gasteiger partial charge on any atom is -0.444 e. The van der Waals surface area contributed by atoms with Gasteiger partial charge in [0.05, 0.1) is 24.7 Å². The van der Waals surface area contributed by atoms with Crippen LogP contribution in [0.3, 0.4) is 0 Å². The highest BCUT2D eigenvalue weighted by Crippen LogP contribution is 2.38. The lowest BCUT2D eigenvalue weighted by atomic mass is 9.79. The third-order valence-corrected chi connectivity index (χ3v) is 7.12. The van der Waals surface area contributed by atoms with Crippen LogP contribution in [0.5, 0.6) is 0 Å².